The second-order valence-electron chi connectivity index (χ2n) is 6.42. The second kappa shape index (κ2) is 6.43. The van der Waals surface area contributed by atoms with Gasteiger partial charge in [0.05, 0.1) is 17.5 Å². The van der Waals surface area contributed by atoms with E-state index in [4.69, 9.17) is 4.42 Å². The van der Waals surface area contributed by atoms with Crippen molar-refractivity contribution in [3.8, 4) is 11.3 Å². The molecule has 0 aliphatic carbocycles. The third-order valence-corrected chi connectivity index (χ3v) is 3.28. The molecule has 5 nitrogen and oxygen atoms in total. The van der Waals surface area contributed by atoms with Crippen molar-refractivity contribution in [2.45, 2.75) is 52.5 Å². The van der Waals surface area contributed by atoms with Gasteiger partial charge >= 0.3 is 0 Å². The summed E-state index contributed by atoms with van der Waals surface area (Å²) >= 11 is 0. The van der Waals surface area contributed by atoms with Gasteiger partial charge in [-0.3, -0.25) is 4.68 Å². The molecule has 0 unspecified atom stereocenters. The van der Waals surface area contributed by atoms with Crippen molar-refractivity contribution in [2.24, 2.45) is 7.05 Å². The van der Waals surface area contributed by atoms with Gasteiger partial charge in [-0.25, -0.2) is 4.98 Å². The Labute approximate surface area is 126 Å². The molecule has 0 amide bonds. The van der Waals surface area contributed by atoms with E-state index in [1.54, 1.807) is 0 Å². The fraction of sp³-hybridized carbons (Fsp3) is 0.625. The lowest BCUT2D eigenvalue weighted by Crippen LogP contribution is -2.36. The van der Waals surface area contributed by atoms with Crippen LogP contribution in [0.3, 0.4) is 0 Å². The lowest BCUT2D eigenvalue weighted by Gasteiger charge is -2.19. The number of aromatic nitrogens is 3. The molecule has 0 aliphatic rings. The predicted molar refractivity (Wildman–Crippen MR) is 84.2 cm³/mol. The van der Waals surface area contributed by atoms with E-state index in [2.05, 4.69) is 43.1 Å². The van der Waals surface area contributed by atoms with Crippen LogP contribution in [0.4, 0.5) is 0 Å². The average Bonchev–Trinajstić information content (AvgIpc) is 2.99. The highest BCUT2D eigenvalue weighted by molar-refractivity contribution is 5.58. The van der Waals surface area contributed by atoms with Crippen molar-refractivity contribution < 1.29 is 4.42 Å². The number of rotatable bonds is 6. The van der Waals surface area contributed by atoms with Crippen molar-refractivity contribution in [3.63, 3.8) is 0 Å². The molecule has 116 valence electrons. The molecule has 0 aliphatic heterocycles. The summed E-state index contributed by atoms with van der Waals surface area (Å²) in [5.41, 5.74) is 2.26. The molecule has 1 N–H and O–H groups in total. The molecule has 0 fully saturated rings. The zero-order chi connectivity index (χ0) is 15.5. The van der Waals surface area contributed by atoms with Crippen LogP contribution in [0.15, 0.2) is 16.8 Å². The molecule has 0 radical (unpaired) electrons. The maximum Gasteiger partial charge on any atom is 0.194 e. The topological polar surface area (TPSA) is 55.9 Å². The van der Waals surface area contributed by atoms with Crippen molar-refractivity contribution >= 4 is 0 Å². The van der Waals surface area contributed by atoms with Gasteiger partial charge in [0.15, 0.2) is 11.7 Å². The Morgan fingerprint density at radius 2 is 2.10 bits per heavy atom. The van der Waals surface area contributed by atoms with E-state index in [1.807, 2.05) is 24.1 Å². The van der Waals surface area contributed by atoms with Crippen LogP contribution in [-0.2, 0) is 19.9 Å². The monoisotopic (exact) mass is 290 g/mol. The predicted octanol–water partition coefficient (Wildman–Crippen LogP) is 2.96. The largest absolute Gasteiger partial charge is 0.441 e. The maximum absolute atomic E-state index is 5.87. The van der Waals surface area contributed by atoms with Crippen LogP contribution in [0.5, 0.6) is 0 Å². The minimum Gasteiger partial charge on any atom is -0.441 e. The number of nitrogens with one attached hydrogen (secondary N) is 1. The van der Waals surface area contributed by atoms with Crippen LogP contribution in [-0.4, -0.2) is 26.8 Å². The molecule has 0 spiro atoms. The van der Waals surface area contributed by atoms with Gasteiger partial charge in [0.2, 0.25) is 0 Å². The van der Waals surface area contributed by atoms with Gasteiger partial charge in [0.25, 0.3) is 0 Å². The van der Waals surface area contributed by atoms with Crippen molar-refractivity contribution in [1.29, 1.82) is 0 Å². The quantitative estimate of drug-likeness (QED) is 0.831. The van der Waals surface area contributed by atoms with Gasteiger partial charge in [0.1, 0.15) is 0 Å². The van der Waals surface area contributed by atoms with E-state index < -0.39 is 0 Å². The molecule has 0 bridgehead atoms. The van der Waals surface area contributed by atoms with E-state index in [0.29, 0.717) is 0 Å². The lowest BCUT2D eigenvalue weighted by atomic mass is 10.1. The Morgan fingerprint density at radius 3 is 2.76 bits per heavy atom. The van der Waals surface area contributed by atoms with Crippen molar-refractivity contribution in [1.82, 2.24) is 20.1 Å². The Morgan fingerprint density at radius 1 is 1.33 bits per heavy atom. The Bertz CT molecular complexity index is 577. The first kappa shape index (κ1) is 15.8. The molecule has 5 heteroatoms. The number of nitrogens with zero attached hydrogens (tertiary/aromatic N) is 3. The Hall–Kier alpha value is -1.62. The number of aryl methyl sites for hydroxylation is 3. The van der Waals surface area contributed by atoms with Crippen LogP contribution in [0, 0.1) is 0 Å². The minimum atomic E-state index is 0.160. The molecule has 21 heavy (non-hydrogen) atoms. The van der Waals surface area contributed by atoms with Crippen molar-refractivity contribution in [2.75, 3.05) is 6.54 Å². The summed E-state index contributed by atoms with van der Waals surface area (Å²) in [6, 6.07) is 0. The smallest absolute Gasteiger partial charge is 0.194 e. The standard InChI is InChI=1S/C16H26N4O/c1-6-13-12(11-20(5)19-13)14-10-17-15(21-14)8-7-9-18-16(2,3)4/h10-11,18H,6-9H2,1-5H3. The normalized spacial score (nSPS) is 12.0. The van der Waals surface area contributed by atoms with Gasteiger partial charge in [-0.15, -0.1) is 0 Å². The lowest BCUT2D eigenvalue weighted by molar-refractivity contribution is 0.412. The molecular formula is C16H26N4O. The van der Waals surface area contributed by atoms with Crippen LogP contribution >= 0.6 is 0 Å². The molecule has 0 saturated heterocycles. The first-order valence-electron chi connectivity index (χ1n) is 7.61. The summed E-state index contributed by atoms with van der Waals surface area (Å²) in [6.45, 7) is 9.58. The minimum absolute atomic E-state index is 0.160. The van der Waals surface area contributed by atoms with Gasteiger partial charge in [-0.05, 0) is 40.2 Å². The molecule has 0 atom stereocenters. The van der Waals surface area contributed by atoms with E-state index in [1.165, 1.54) is 0 Å². The summed E-state index contributed by atoms with van der Waals surface area (Å²) in [5.74, 6) is 1.62. The van der Waals surface area contributed by atoms with E-state index in [9.17, 15) is 0 Å². The van der Waals surface area contributed by atoms with Gasteiger partial charge in [0, 0.05) is 25.2 Å². The average molecular weight is 290 g/mol. The van der Waals surface area contributed by atoms with Crippen LogP contribution in [0.2, 0.25) is 0 Å². The van der Waals surface area contributed by atoms with Gasteiger partial charge in [-0.1, -0.05) is 6.92 Å². The van der Waals surface area contributed by atoms with Crippen molar-refractivity contribution in [3.05, 3.63) is 24.0 Å². The summed E-state index contributed by atoms with van der Waals surface area (Å²) in [6.07, 6.45) is 6.56. The molecule has 2 heterocycles. The maximum atomic E-state index is 5.87. The fourth-order valence-corrected chi connectivity index (χ4v) is 2.25. The molecule has 2 rings (SSSR count). The number of hydrogen-bond acceptors (Lipinski definition) is 4. The molecule has 2 aromatic rings. The van der Waals surface area contributed by atoms with Crippen LogP contribution in [0.1, 0.15) is 45.7 Å². The summed E-state index contributed by atoms with van der Waals surface area (Å²) < 4.78 is 7.69. The SMILES string of the molecule is CCc1nn(C)cc1-c1cnc(CCCNC(C)(C)C)o1. The highest BCUT2D eigenvalue weighted by Crippen LogP contribution is 2.24. The molecular weight excluding hydrogens is 264 g/mol. The van der Waals surface area contributed by atoms with Gasteiger partial charge in [-0.2, -0.15) is 5.10 Å². The Balaban J connectivity index is 1.95. The summed E-state index contributed by atoms with van der Waals surface area (Å²) in [7, 11) is 1.93. The number of hydrogen-bond donors (Lipinski definition) is 1. The Kier molecular flexibility index (Phi) is 4.83. The first-order valence-corrected chi connectivity index (χ1v) is 7.61. The zero-order valence-corrected chi connectivity index (χ0v) is 13.7. The van der Waals surface area contributed by atoms with E-state index in [0.717, 1.165) is 48.7 Å². The highest BCUT2D eigenvalue weighted by atomic mass is 16.4. The number of oxazole rings is 1. The molecule has 2 aromatic heterocycles. The highest BCUT2D eigenvalue weighted by Gasteiger charge is 2.13. The van der Waals surface area contributed by atoms with Crippen LogP contribution < -0.4 is 5.32 Å². The third-order valence-electron chi connectivity index (χ3n) is 3.28. The fourth-order valence-electron chi connectivity index (χ4n) is 2.25. The second-order valence-corrected chi connectivity index (χ2v) is 6.42. The first-order chi connectivity index (χ1) is 9.89. The summed E-state index contributed by atoms with van der Waals surface area (Å²) in [5, 5.41) is 7.91. The zero-order valence-electron chi connectivity index (χ0n) is 13.7. The van der Waals surface area contributed by atoms with E-state index >= 15 is 0 Å². The third kappa shape index (κ3) is 4.43. The van der Waals surface area contributed by atoms with Crippen LogP contribution in [0.25, 0.3) is 11.3 Å². The molecule has 0 aromatic carbocycles. The van der Waals surface area contributed by atoms with Gasteiger partial charge < -0.3 is 9.73 Å². The molecule has 0 saturated carbocycles. The summed E-state index contributed by atoms with van der Waals surface area (Å²) in [4.78, 5) is 4.38. The van der Waals surface area contributed by atoms with E-state index in [-0.39, 0.29) is 5.54 Å².